The van der Waals surface area contributed by atoms with Gasteiger partial charge >= 0.3 is 0 Å². The van der Waals surface area contributed by atoms with Crippen molar-refractivity contribution >= 4 is 0 Å². The average molecular weight is 256 g/mol. The molecular formula is C17H38N+. The third-order valence-corrected chi connectivity index (χ3v) is 4.14. The van der Waals surface area contributed by atoms with E-state index in [1.807, 2.05) is 0 Å². The SMILES string of the molecule is CCCC[N+](CCCC)(CCCC)CCC(C)C. The molecule has 0 fully saturated rings. The first-order valence-corrected chi connectivity index (χ1v) is 8.45. The number of hydrogen-bond acceptors (Lipinski definition) is 0. The Balaban J connectivity index is 4.51. The zero-order chi connectivity index (χ0) is 13.9. The second kappa shape index (κ2) is 10.8. The zero-order valence-corrected chi connectivity index (χ0v) is 13.8. The summed E-state index contributed by atoms with van der Waals surface area (Å²) >= 11 is 0. The van der Waals surface area contributed by atoms with Crippen molar-refractivity contribution in [3.63, 3.8) is 0 Å². The highest BCUT2D eigenvalue weighted by Gasteiger charge is 2.25. The fraction of sp³-hybridized carbons (Fsp3) is 1.00. The molecular weight excluding hydrogens is 218 g/mol. The van der Waals surface area contributed by atoms with E-state index in [9.17, 15) is 0 Å². The van der Waals surface area contributed by atoms with Crippen LogP contribution in [-0.2, 0) is 0 Å². The Morgan fingerprint density at radius 1 is 0.667 bits per heavy atom. The molecule has 0 unspecified atom stereocenters. The predicted octanol–water partition coefficient (Wildman–Crippen LogP) is 5.25. The van der Waals surface area contributed by atoms with Crippen LogP contribution < -0.4 is 0 Å². The fourth-order valence-corrected chi connectivity index (χ4v) is 2.68. The van der Waals surface area contributed by atoms with Crippen LogP contribution in [0.25, 0.3) is 0 Å². The van der Waals surface area contributed by atoms with Crippen LogP contribution in [0.3, 0.4) is 0 Å². The molecule has 0 bridgehead atoms. The van der Waals surface area contributed by atoms with Crippen molar-refractivity contribution in [1.82, 2.24) is 0 Å². The molecule has 0 amide bonds. The van der Waals surface area contributed by atoms with Gasteiger partial charge in [0, 0.05) is 0 Å². The van der Waals surface area contributed by atoms with Gasteiger partial charge in [-0.05, 0) is 31.6 Å². The number of unbranched alkanes of at least 4 members (excludes halogenated alkanes) is 3. The van der Waals surface area contributed by atoms with Gasteiger partial charge in [-0.15, -0.1) is 0 Å². The Kier molecular flexibility index (Phi) is 10.8. The van der Waals surface area contributed by atoms with Gasteiger partial charge < -0.3 is 4.48 Å². The van der Waals surface area contributed by atoms with Crippen LogP contribution in [0.4, 0.5) is 0 Å². The van der Waals surface area contributed by atoms with Crippen LogP contribution in [0.15, 0.2) is 0 Å². The van der Waals surface area contributed by atoms with Crippen LogP contribution >= 0.6 is 0 Å². The topological polar surface area (TPSA) is 0 Å². The monoisotopic (exact) mass is 256 g/mol. The number of quaternary nitrogens is 1. The van der Waals surface area contributed by atoms with Crippen LogP contribution in [0.2, 0.25) is 0 Å². The maximum Gasteiger partial charge on any atom is 0.0789 e. The third-order valence-electron chi connectivity index (χ3n) is 4.14. The predicted molar refractivity (Wildman–Crippen MR) is 83.9 cm³/mol. The van der Waals surface area contributed by atoms with Gasteiger partial charge in [0.2, 0.25) is 0 Å². The largest absolute Gasteiger partial charge is 0.324 e. The summed E-state index contributed by atoms with van der Waals surface area (Å²) in [5.41, 5.74) is 0. The molecule has 0 spiro atoms. The van der Waals surface area contributed by atoms with Crippen LogP contribution in [0.1, 0.15) is 79.6 Å². The van der Waals surface area contributed by atoms with Crippen LogP contribution in [-0.4, -0.2) is 30.7 Å². The molecule has 0 aromatic rings. The minimum atomic E-state index is 0.854. The number of rotatable bonds is 12. The Labute approximate surface area is 117 Å². The minimum absolute atomic E-state index is 0.854. The molecule has 0 aromatic carbocycles. The summed E-state index contributed by atoms with van der Waals surface area (Å²) in [7, 11) is 0. The number of nitrogens with zero attached hydrogens (tertiary/aromatic N) is 1. The Hall–Kier alpha value is -0.0400. The minimum Gasteiger partial charge on any atom is -0.324 e. The fourth-order valence-electron chi connectivity index (χ4n) is 2.68. The number of hydrogen-bond donors (Lipinski definition) is 0. The van der Waals surface area contributed by atoms with E-state index in [1.54, 1.807) is 0 Å². The summed E-state index contributed by atoms with van der Waals surface area (Å²) in [4.78, 5) is 0. The molecule has 0 aliphatic carbocycles. The van der Waals surface area contributed by atoms with Gasteiger partial charge in [-0.25, -0.2) is 0 Å². The lowest BCUT2D eigenvalue weighted by Crippen LogP contribution is -2.51. The molecule has 0 rings (SSSR count). The zero-order valence-electron chi connectivity index (χ0n) is 13.8. The highest BCUT2D eigenvalue weighted by molar-refractivity contribution is 4.51. The van der Waals surface area contributed by atoms with E-state index >= 15 is 0 Å². The van der Waals surface area contributed by atoms with E-state index in [-0.39, 0.29) is 0 Å². The maximum absolute atomic E-state index is 2.37. The molecule has 110 valence electrons. The van der Waals surface area contributed by atoms with Crippen molar-refractivity contribution in [2.75, 3.05) is 26.2 Å². The molecule has 1 heteroatoms. The molecule has 0 radical (unpaired) electrons. The highest BCUT2D eigenvalue weighted by atomic mass is 15.3. The first-order chi connectivity index (χ1) is 8.60. The second-order valence-corrected chi connectivity index (χ2v) is 6.48. The molecule has 0 saturated carbocycles. The first-order valence-electron chi connectivity index (χ1n) is 8.45. The van der Waals surface area contributed by atoms with E-state index < -0.39 is 0 Å². The van der Waals surface area contributed by atoms with Gasteiger partial charge in [0.1, 0.15) is 0 Å². The summed E-state index contributed by atoms with van der Waals surface area (Å²) in [5, 5.41) is 0. The van der Waals surface area contributed by atoms with Crippen LogP contribution in [0.5, 0.6) is 0 Å². The third kappa shape index (κ3) is 8.13. The molecule has 1 nitrogen and oxygen atoms in total. The highest BCUT2D eigenvalue weighted by Crippen LogP contribution is 2.17. The molecule has 0 atom stereocenters. The summed E-state index contributed by atoms with van der Waals surface area (Å²) in [6.07, 6.45) is 9.67. The Bertz CT molecular complexity index is 153. The van der Waals surface area contributed by atoms with E-state index in [4.69, 9.17) is 0 Å². The van der Waals surface area contributed by atoms with Crippen LogP contribution in [0, 0.1) is 5.92 Å². The molecule has 18 heavy (non-hydrogen) atoms. The molecule has 0 aromatic heterocycles. The van der Waals surface area contributed by atoms with Gasteiger partial charge in [0.05, 0.1) is 26.2 Å². The summed E-state index contributed by atoms with van der Waals surface area (Å²) in [5.74, 6) is 0.854. The maximum atomic E-state index is 2.37. The Morgan fingerprint density at radius 3 is 1.33 bits per heavy atom. The first kappa shape index (κ1) is 18.0. The van der Waals surface area contributed by atoms with E-state index in [0.717, 1.165) is 5.92 Å². The van der Waals surface area contributed by atoms with Gasteiger partial charge in [0.15, 0.2) is 0 Å². The van der Waals surface area contributed by atoms with Crippen molar-refractivity contribution in [3.8, 4) is 0 Å². The van der Waals surface area contributed by atoms with E-state index in [2.05, 4.69) is 34.6 Å². The lowest BCUT2D eigenvalue weighted by molar-refractivity contribution is -0.929. The molecule has 0 heterocycles. The quantitative estimate of drug-likeness (QED) is 0.418. The van der Waals surface area contributed by atoms with Crippen molar-refractivity contribution < 1.29 is 4.48 Å². The normalized spacial score (nSPS) is 12.3. The van der Waals surface area contributed by atoms with Crippen molar-refractivity contribution in [2.45, 2.75) is 79.6 Å². The van der Waals surface area contributed by atoms with E-state index in [1.165, 1.54) is 75.6 Å². The van der Waals surface area contributed by atoms with Crippen molar-refractivity contribution in [1.29, 1.82) is 0 Å². The standard InChI is InChI=1S/C17H38N/c1-6-9-13-18(14-10-7-2,15-11-8-3)16-12-17(4)5/h17H,6-16H2,1-5H3/q+1. The molecule has 0 N–H and O–H groups in total. The lowest BCUT2D eigenvalue weighted by Gasteiger charge is -2.40. The lowest BCUT2D eigenvalue weighted by atomic mass is 10.1. The van der Waals surface area contributed by atoms with E-state index in [0.29, 0.717) is 0 Å². The molecule has 0 aliphatic heterocycles. The molecule has 0 saturated heterocycles. The average Bonchev–Trinajstić information content (AvgIpc) is 2.37. The summed E-state index contributed by atoms with van der Waals surface area (Å²) in [6.45, 7) is 17.4. The second-order valence-electron chi connectivity index (χ2n) is 6.48. The molecule has 0 aliphatic rings. The Morgan fingerprint density at radius 2 is 1.06 bits per heavy atom. The van der Waals surface area contributed by atoms with Crippen molar-refractivity contribution in [3.05, 3.63) is 0 Å². The smallest absolute Gasteiger partial charge is 0.0789 e. The van der Waals surface area contributed by atoms with Crippen molar-refractivity contribution in [2.24, 2.45) is 5.92 Å². The van der Waals surface area contributed by atoms with Gasteiger partial charge in [0.25, 0.3) is 0 Å². The van der Waals surface area contributed by atoms with Gasteiger partial charge in [-0.3, -0.25) is 0 Å². The van der Waals surface area contributed by atoms with Gasteiger partial charge in [-0.2, -0.15) is 0 Å². The van der Waals surface area contributed by atoms with Gasteiger partial charge in [-0.1, -0.05) is 53.9 Å². The summed E-state index contributed by atoms with van der Waals surface area (Å²) < 4.78 is 1.41. The summed E-state index contributed by atoms with van der Waals surface area (Å²) in [6, 6.07) is 0.